The van der Waals surface area contributed by atoms with E-state index in [4.69, 9.17) is 4.74 Å². The number of para-hydroxylation sites is 1. The molecule has 0 aliphatic rings. The number of benzene rings is 1. The number of carbonyl (C=O) groups excluding carboxylic acids is 2. The van der Waals surface area contributed by atoms with Crippen molar-refractivity contribution in [3.05, 3.63) is 50.7 Å². The lowest BCUT2D eigenvalue weighted by molar-refractivity contribution is -0.135. The highest BCUT2D eigenvalue weighted by Gasteiger charge is 2.21. The minimum absolute atomic E-state index is 0.00799. The molecule has 0 atom stereocenters. The zero-order valence-corrected chi connectivity index (χ0v) is 15.0. The number of hydrogen-bond donors (Lipinski definition) is 0. The fraction of sp³-hybridized carbons (Fsp3) is 0.235. The van der Waals surface area contributed by atoms with Crippen LogP contribution in [0.25, 0.3) is 11.2 Å². The number of hydrogen-bond acceptors (Lipinski definition) is 7. The van der Waals surface area contributed by atoms with Crippen LogP contribution in [0.15, 0.2) is 33.9 Å². The molecule has 0 N–H and O–H groups in total. The third kappa shape index (κ3) is 3.01. The molecule has 2 heterocycles. The first kappa shape index (κ1) is 18.1. The molecule has 0 saturated heterocycles. The summed E-state index contributed by atoms with van der Waals surface area (Å²) < 4.78 is 13.8. The van der Waals surface area contributed by atoms with Crippen LogP contribution in [-0.4, -0.2) is 30.6 Å². The summed E-state index contributed by atoms with van der Waals surface area (Å²) in [4.78, 5) is 51.8. The van der Waals surface area contributed by atoms with E-state index in [-0.39, 0.29) is 28.5 Å². The summed E-state index contributed by atoms with van der Waals surface area (Å²) in [6.45, 7) is 1.11. The van der Waals surface area contributed by atoms with Crippen molar-refractivity contribution in [2.24, 2.45) is 21.1 Å². The molecule has 3 rings (SSSR count). The number of esters is 2. The summed E-state index contributed by atoms with van der Waals surface area (Å²) in [7, 11) is 4.40. The Labute approximate surface area is 152 Å². The summed E-state index contributed by atoms with van der Waals surface area (Å²) in [5, 5.41) is 0. The number of rotatable bonds is 3. The number of fused-ring (bicyclic) bond motifs is 1. The maximum absolute atomic E-state index is 12.4. The van der Waals surface area contributed by atoms with Crippen molar-refractivity contribution in [3.8, 4) is 11.8 Å². The van der Waals surface area contributed by atoms with Gasteiger partial charge in [0.15, 0.2) is 11.2 Å². The molecule has 3 aromatic rings. The van der Waals surface area contributed by atoms with Gasteiger partial charge in [-0.3, -0.25) is 23.3 Å². The molecule has 0 spiro atoms. The fourth-order valence-electron chi connectivity index (χ4n) is 2.60. The molecule has 2 aromatic heterocycles. The first-order valence-corrected chi connectivity index (χ1v) is 7.84. The Bertz CT molecular complexity index is 1200. The van der Waals surface area contributed by atoms with Gasteiger partial charge in [-0.2, -0.15) is 4.98 Å². The molecule has 10 heteroatoms. The molecule has 0 amide bonds. The van der Waals surface area contributed by atoms with Gasteiger partial charge in [0.25, 0.3) is 5.56 Å². The monoisotopic (exact) mass is 372 g/mol. The van der Waals surface area contributed by atoms with Crippen molar-refractivity contribution in [1.82, 2.24) is 18.7 Å². The van der Waals surface area contributed by atoms with Crippen LogP contribution < -0.4 is 16.0 Å². The Balaban J connectivity index is 2.13. The quantitative estimate of drug-likeness (QED) is 0.485. The number of imidazole rings is 1. The van der Waals surface area contributed by atoms with E-state index in [1.807, 2.05) is 0 Å². The SMILES string of the molecule is CC(=O)OC(=O)c1ccccc1Oc1nc2c(c(=O)n(C)c(=O)n2C)n1C. The summed E-state index contributed by atoms with van der Waals surface area (Å²) in [5.41, 5.74) is -0.728. The summed E-state index contributed by atoms with van der Waals surface area (Å²) in [6.07, 6.45) is 0. The van der Waals surface area contributed by atoms with Crippen LogP contribution >= 0.6 is 0 Å². The lowest BCUT2D eigenvalue weighted by Crippen LogP contribution is -2.37. The van der Waals surface area contributed by atoms with Gasteiger partial charge in [0.05, 0.1) is 0 Å². The molecule has 27 heavy (non-hydrogen) atoms. The van der Waals surface area contributed by atoms with Crippen molar-refractivity contribution >= 4 is 23.1 Å². The highest BCUT2D eigenvalue weighted by atomic mass is 16.6. The predicted octanol–water partition coefficient (Wildman–Crippen LogP) is 0.466. The Hall–Kier alpha value is -3.69. The first-order valence-electron chi connectivity index (χ1n) is 7.84. The Kier molecular flexibility index (Phi) is 4.40. The van der Waals surface area contributed by atoms with Crippen LogP contribution in [0.5, 0.6) is 11.8 Å². The van der Waals surface area contributed by atoms with Crippen molar-refractivity contribution in [2.75, 3.05) is 0 Å². The van der Waals surface area contributed by atoms with Crippen molar-refractivity contribution in [2.45, 2.75) is 6.92 Å². The zero-order chi connectivity index (χ0) is 19.9. The molecule has 140 valence electrons. The van der Waals surface area contributed by atoms with Gasteiger partial charge >= 0.3 is 23.6 Å². The number of ether oxygens (including phenoxy) is 2. The van der Waals surface area contributed by atoms with E-state index in [2.05, 4.69) is 9.72 Å². The Morgan fingerprint density at radius 3 is 2.33 bits per heavy atom. The number of carbonyl (C=O) groups is 2. The molecule has 0 unspecified atom stereocenters. The molecule has 10 nitrogen and oxygen atoms in total. The van der Waals surface area contributed by atoms with Crippen LogP contribution in [0, 0.1) is 0 Å². The van der Waals surface area contributed by atoms with Crippen molar-refractivity contribution in [3.63, 3.8) is 0 Å². The van der Waals surface area contributed by atoms with Gasteiger partial charge in [0, 0.05) is 28.1 Å². The molecule has 0 saturated carbocycles. The largest absolute Gasteiger partial charge is 0.425 e. The second-order valence-electron chi connectivity index (χ2n) is 5.81. The minimum atomic E-state index is -0.875. The smallest absolute Gasteiger partial charge is 0.349 e. The highest BCUT2D eigenvalue weighted by Crippen LogP contribution is 2.26. The van der Waals surface area contributed by atoms with Crippen molar-refractivity contribution < 1.29 is 19.1 Å². The second-order valence-corrected chi connectivity index (χ2v) is 5.81. The van der Waals surface area contributed by atoms with E-state index in [0.29, 0.717) is 0 Å². The van der Waals surface area contributed by atoms with Gasteiger partial charge in [-0.1, -0.05) is 12.1 Å². The molecule has 0 aliphatic carbocycles. The van der Waals surface area contributed by atoms with Crippen LogP contribution in [0.3, 0.4) is 0 Å². The summed E-state index contributed by atoms with van der Waals surface area (Å²) >= 11 is 0. The predicted molar refractivity (Wildman–Crippen MR) is 93.8 cm³/mol. The van der Waals surface area contributed by atoms with E-state index in [1.54, 1.807) is 19.2 Å². The average Bonchev–Trinajstić information content (AvgIpc) is 2.94. The van der Waals surface area contributed by atoms with Gasteiger partial charge in [-0.15, -0.1) is 0 Å². The van der Waals surface area contributed by atoms with E-state index >= 15 is 0 Å². The van der Waals surface area contributed by atoms with E-state index in [9.17, 15) is 19.2 Å². The van der Waals surface area contributed by atoms with Crippen LogP contribution in [0.1, 0.15) is 17.3 Å². The number of aromatic nitrogens is 4. The van der Waals surface area contributed by atoms with Gasteiger partial charge in [-0.25, -0.2) is 9.59 Å². The third-order valence-corrected chi connectivity index (χ3v) is 3.98. The highest BCUT2D eigenvalue weighted by molar-refractivity contribution is 5.98. The lowest BCUT2D eigenvalue weighted by atomic mass is 10.2. The molecule has 1 aromatic carbocycles. The maximum atomic E-state index is 12.4. The number of aryl methyl sites for hydroxylation is 2. The van der Waals surface area contributed by atoms with Gasteiger partial charge in [0.2, 0.25) is 0 Å². The molecule has 0 bridgehead atoms. The fourth-order valence-corrected chi connectivity index (χ4v) is 2.60. The molecule has 0 aliphatic heterocycles. The molecule has 0 fully saturated rings. The molecular formula is C17H16N4O6. The number of nitrogens with zero attached hydrogens (tertiary/aromatic N) is 4. The molecule has 0 radical (unpaired) electrons. The van der Waals surface area contributed by atoms with Crippen molar-refractivity contribution in [1.29, 1.82) is 0 Å². The Morgan fingerprint density at radius 2 is 1.67 bits per heavy atom. The van der Waals surface area contributed by atoms with Gasteiger partial charge in [0.1, 0.15) is 11.3 Å². The summed E-state index contributed by atoms with van der Waals surface area (Å²) in [5.74, 6) is -1.54. The van der Waals surface area contributed by atoms with Crippen LogP contribution in [0.4, 0.5) is 0 Å². The van der Waals surface area contributed by atoms with E-state index in [1.165, 1.54) is 35.4 Å². The molecular weight excluding hydrogens is 356 g/mol. The minimum Gasteiger partial charge on any atom is -0.425 e. The average molecular weight is 372 g/mol. The standard InChI is InChI=1S/C17H16N4O6/c1-9(22)26-15(24)10-7-5-6-8-11(10)27-16-18-13-12(19(16)2)14(23)21(4)17(25)20(13)3/h5-8H,1-4H3. The maximum Gasteiger partial charge on any atom is 0.349 e. The van der Waals surface area contributed by atoms with Gasteiger partial charge in [-0.05, 0) is 12.1 Å². The van der Waals surface area contributed by atoms with E-state index in [0.717, 1.165) is 11.5 Å². The van der Waals surface area contributed by atoms with Crippen LogP contribution in [0.2, 0.25) is 0 Å². The topological polar surface area (TPSA) is 114 Å². The third-order valence-electron chi connectivity index (χ3n) is 3.98. The first-order chi connectivity index (χ1) is 12.7. The van der Waals surface area contributed by atoms with E-state index < -0.39 is 23.2 Å². The lowest BCUT2D eigenvalue weighted by Gasteiger charge is -2.09. The van der Waals surface area contributed by atoms with Crippen LogP contribution in [-0.2, 0) is 30.7 Å². The normalized spacial score (nSPS) is 10.8. The van der Waals surface area contributed by atoms with Gasteiger partial charge < -0.3 is 9.47 Å². The summed E-state index contributed by atoms with van der Waals surface area (Å²) in [6, 6.07) is 6.12. The second kappa shape index (κ2) is 6.56. The zero-order valence-electron chi connectivity index (χ0n) is 15.0. The Morgan fingerprint density at radius 1 is 1.00 bits per heavy atom.